The molecule has 0 fully saturated rings. The maximum absolute atomic E-state index is 10.5. The van der Waals surface area contributed by atoms with Crippen LogP contribution in [0.25, 0.3) is 0 Å². The quantitative estimate of drug-likeness (QED) is 0.630. The first-order chi connectivity index (χ1) is 7.90. The van der Waals surface area contributed by atoms with E-state index in [0.717, 1.165) is 11.3 Å². The van der Waals surface area contributed by atoms with Crippen molar-refractivity contribution in [2.24, 2.45) is 5.92 Å². The predicted octanol–water partition coefficient (Wildman–Crippen LogP) is 2.25. The minimum atomic E-state index is -0.464. The van der Waals surface area contributed by atoms with Crippen LogP contribution in [-0.4, -0.2) is 21.1 Å². The monoisotopic (exact) mass is 238 g/mol. The van der Waals surface area contributed by atoms with Crippen molar-refractivity contribution in [3.8, 4) is 0 Å². The smallest absolute Gasteiger partial charge is 0.287 e. The highest BCUT2D eigenvalue weighted by Crippen LogP contribution is 2.17. The van der Waals surface area contributed by atoms with E-state index in [2.05, 4.69) is 4.98 Å². The van der Waals surface area contributed by atoms with Crippen molar-refractivity contribution in [1.29, 1.82) is 0 Å². The summed E-state index contributed by atoms with van der Waals surface area (Å²) in [5.41, 5.74) is 1.47. The summed E-state index contributed by atoms with van der Waals surface area (Å²) in [4.78, 5) is 14.1. The molecule has 1 heterocycles. The fourth-order valence-electron chi connectivity index (χ4n) is 1.75. The van der Waals surface area contributed by atoms with Gasteiger partial charge in [-0.1, -0.05) is 13.8 Å². The fourth-order valence-corrected chi connectivity index (χ4v) is 1.75. The van der Waals surface area contributed by atoms with Gasteiger partial charge in [0.05, 0.1) is 11.0 Å². The number of nitrogens with zero attached hydrogens (tertiary/aromatic N) is 2. The molecule has 0 saturated heterocycles. The van der Waals surface area contributed by atoms with Crippen molar-refractivity contribution in [1.82, 2.24) is 4.98 Å². The standard InChI is InChI=1S/C12H18N2O3/c1-8(2)4-11(15)6-12-9(3)5-10(7-13-12)14(16)17/h5,7-8,11,15H,4,6H2,1-3H3. The summed E-state index contributed by atoms with van der Waals surface area (Å²) >= 11 is 0. The molecule has 1 unspecified atom stereocenters. The van der Waals surface area contributed by atoms with Crippen LogP contribution in [0.5, 0.6) is 0 Å². The molecule has 17 heavy (non-hydrogen) atoms. The van der Waals surface area contributed by atoms with Crippen molar-refractivity contribution < 1.29 is 10.0 Å². The van der Waals surface area contributed by atoms with Crippen molar-refractivity contribution >= 4 is 5.69 Å². The fraction of sp³-hybridized carbons (Fsp3) is 0.583. The van der Waals surface area contributed by atoms with Crippen molar-refractivity contribution in [3.63, 3.8) is 0 Å². The van der Waals surface area contributed by atoms with Crippen LogP contribution < -0.4 is 0 Å². The molecule has 5 nitrogen and oxygen atoms in total. The zero-order valence-corrected chi connectivity index (χ0v) is 10.4. The molecule has 0 saturated carbocycles. The molecule has 5 heteroatoms. The normalized spacial score (nSPS) is 12.8. The summed E-state index contributed by atoms with van der Waals surface area (Å²) in [7, 11) is 0. The SMILES string of the molecule is Cc1cc([N+](=O)[O-])cnc1CC(O)CC(C)C. The highest BCUT2D eigenvalue weighted by Gasteiger charge is 2.13. The summed E-state index contributed by atoms with van der Waals surface area (Å²) in [5.74, 6) is 0.420. The van der Waals surface area contributed by atoms with Gasteiger partial charge in [-0.25, -0.2) is 0 Å². The lowest BCUT2D eigenvalue weighted by molar-refractivity contribution is -0.385. The average Bonchev–Trinajstić information content (AvgIpc) is 2.19. The Hall–Kier alpha value is -1.49. The number of aryl methyl sites for hydroxylation is 1. The van der Waals surface area contributed by atoms with Gasteiger partial charge < -0.3 is 5.11 Å². The second-order valence-electron chi connectivity index (χ2n) is 4.70. The van der Waals surface area contributed by atoms with E-state index in [4.69, 9.17) is 0 Å². The molecule has 1 rings (SSSR count). The van der Waals surface area contributed by atoms with E-state index in [1.54, 1.807) is 6.92 Å². The van der Waals surface area contributed by atoms with Gasteiger partial charge in [0.2, 0.25) is 0 Å². The van der Waals surface area contributed by atoms with Crippen LogP contribution in [-0.2, 0) is 6.42 Å². The average molecular weight is 238 g/mol. The molecule has 1 atom stereocenters. The molecular weight excluding hydrogens is 220 g/mol. The Balaban J connectivity index is 2.75. The Morgan fingerprint density at radius 3 is 2.65 bits per heavy atom. The Bertz CT molecular complexity index is 405. The first kappa shape index (κ1) is 13.6. The number of hydrogen-bond donors (Lipinski definition) is 1. The molecule has 0 aliphatic rings. The van der Waals surface area contributed by atoms with Crippen molar-refractivity contribution in [2.45, 2.75) is 39.7 Å². The van der Waals surface area contributed by atoms with Crippen LogP contribution in [0.1, 0.15) is 31.5 Å². The van der Waals surface area contributed by atoms with Crippen molar-refractivity contribution in [3.05, 3.63) is 33.6 Å². The number of aliphatic hydroxyl groups excluding tert-OH is 1. The predicted molar refractivity (Wildman–Crippen MR) is 64.8 cm³/mol. The number of rotatable bonds is 5. The molecule has 0 bridgehead atoms. The van der Waals surface area contributed by atoms with Gasteiger partial charge in [-0.2, -0.15) is 0 Å². The molecule has 1 aromatic heterocycles. The second-order valence-corrected chi connectivity index (χ2v) is 4.70. The summed E-state index contributed by atoms with van der Waals surface area (Å²) in [6, 6.07) is 1.49. The minimum Gasteiger partial charge on any atom is -0.393 e. The third-order valence-corrected chi connectivity index (χ3v) is 2.56. The van der Waals surface area contributed by atoms with Gasteiger partial charge in [0, 0.05) is 18.2 Å². The molecule has 0 aliphatic carbocycles. The number of nitro groups is 1. The molecule has 1 N–H and O–H groups in total. The van der Waals surface area contributed by atoms with E-state index in [0.29, 0.717) is 18.8 Å². The molecule has 0 amide bonds. The molecule has 0 aliphatic heterocycles. The lowest BCUT2D eigenvalue weighted by Crippen LogP contribution is -2.15. The zero-order valence-electron chi connectivity index (χ0n) is 10.4. The van der Waals surface area contributed by atoms with Crippen LogP contribution in [0.15, 0.2) is 12.3 Å². The molecule has 0 spiro atoms. The molecule has 0 radical (unpaired) electrons. The Morgan fingerprint density at radius 2 is 2.18 bits per heavy atom. The molecule has 1 aromatic rings. The summed E-state index contributed by atoms with van der Waals surface area (Å²) < 4.78 is 0. The number of pyridine rings is 1. The van der Waals surface area contributed by atoms with E-state index in [1.807, 2.05) is 13.8 Å². The van der Waals surface area contributed by atoms with E-state index in [9.17, 15) is 15.2 Å². The summed E-state index contributed by atoms with van der Waals surface area (Å²) in [6.45, 7) is 5.86. The van der Waals surface area contributed by atoms with Gasteiger partial charge in [0.15, 0.2) is 0 Å². The van der Waals surface area contributed by atoms with E-state index >= 15 is 0 Å². The lowest BCUT2D eigenvalue weighted by Gasteiger charge is -2.13. The minimum absolute atomic E-state index is 0.00963. The van der Waals surface area contributed by atoms with Gasteiger partial charge in [0.25, 0.3) is 5.69 Å². The first-order valence-corrected chi connectivity index (χ1v) is 5.68. The third-order valence-electron chi connectivity index (χ3n) is 2.56. The molecule has 0 aromatic carbocycles. The molecule has 94 valence electrons. The van der Waals surface area contributed by atoms with Gasteiger partial charge >= 0.3 is 0 Å². The van der Waals surface area contributed by atoms with Crippen LogP contribution in [0.4, 0.5) is 5.69 Å². The Labute approximate surface area is 101 Å². The van der Waals surface area contributed by atoms with E-state index in [-0.39, 0.29) is 5.69 Å². The van der Waals surface area contributed by atoms with E-state index in [1.165, 1.54) is 12.3 Å². The maximum atomic E-state index is 10.5. The van der Waals surface area contributed by atoms with Gasteiger partial charge in [-0.3, -0.25) is 15.1 Å². The summed E-state index contributed by atoms with van der Waals surface area (Å²) in [5, 5.41) is 20.4. The largest absolute Gasteiger partial charge is 0.393 e. The number of aliphatic hydroxyl groups is 1. The highest BCUT2D eigenvalue weighted by molar-refractivity contribution is 5.33. The topological polar surface area (TPSA) is 76.3 Å². The van der Waals surface area contributed by atoms with Crippen molar-refractivity contribution in [2.75, 3.05) is 0 Å². The van der Waals surface area contributed by atoms with Crippen LogP contribution in [0, 0.1) is 23.0 Å². The number of hydrogen-bond acceptors (Lipinski definition) is 4. The zero-order chi connectivity index (χ0) is 13.0. The highest BCUT2D eigenvalue weighted by atomic mass is 16.6. The van der Waals surface area contributed by atoms with E-state index < -0.39 is 11.0 Å². The maximum Gasteiger partial charge on any atom is 0.287 e. The van der Waals surface area contributed by atoms with Gasteiger partial charge in [-0.15, -0.1) is 0 Å². The van der Waals surface area contributed by atoms with Crippen LogP contribution >= 0.6 is 0 Å². The third kappa shape index (κ3) is 4.11. The summed E-state index contributed by atoms with van der Waals surface area (Å²) in [6.07, 6.45) is 1.95. The first-order valence-electron chi connectivity index (χ1n) is 5.68. The second kappa shape index (κ2) is 5.72. The van der Waals surface area contributed by atoms with Crippen LogP contribution in [0.2, 0.25) is 0 Å². The Morgan fingerprint density at radius 1 is 1.53 bits per heavy atom. The Kier molecular flexibility index (Phi) is 4.57. The van der Waals surface area contributed by atoms with Gasteiger partial charge in [-0.05, 0) is 24.8 Å². The number of aromatic nitrogens is 1. The molecular formula is C12H18N2O3. The van der Waals surface area contributed by atoms with Gasteiger partial charge in [0.1, 0.15) is 6.20 Å². The van der Waals surface area contributed by atoms with Crippen LogP contribution in [0.3, 0.4) is 0 Å². The lowest BCUT2D eigenvalue weighted by atomic mass is 10.0.